The Kier molecular flexibility index (Phi) is 7.68. The summed E-state index contributed by atoms with van der Waals surface area (Å²) in [6.07, 6.45) is -0.493. The molecule has 2 rings (SSSR count). The summed E-state index contributed by atoms with van der Waals surface area (Å²) in [5.74, 6) is 0.162. The highest BCUT2D eigenvalue weighted by Gasteiger charge is 2.23. The first-order chi connectivity index (χ1) is 12.6. The first-order valence-electron chi connectivity index (χ1n) is 8.80. The molecular weight excluding hydrogens is 330 g/mol. The van der Waals surface area contributed by atoms with Crippen molar-refractivity contribution in [3.63, 3.8) is 0 Å². The van der Waals surface area contributed by atoms with E-state index in [-0.39, 0.29) is 24.8 Å². The molecular formula is C21H25NO4. The average Bonchev–Trinajstić information content (AvgIpc) is 2.66. The summed E-state index contributed by atoms with van der Waals surface area (Å²) in [6.45, 7) is 4.52. The third-order valence-electron chi connectivity index (χ3n) is 3.82. The third-order valence-corrected chi connectivity index (χ3v) is 3.82. The minimum atomic E-state index is -0.650. The van der Waals surface area contributed by atoms with Gasteiger partial charge in [-0.25, -0.2) is 0 Å². The van der Waals surface area contributed by atoms with Gasteiger partial charge in [0.15, 0.2) is 6.10 Å². The topological polar surface area (TPSA) is 55.8 Å². The van der Waals surface area contributed by atoms with Crippen LogP contribution in [0.25, 0.3) is 0 Å². The molecule has 1 amide bonds. The maximum absolute atomic E-state index is 12.9. The quantitative estimate of drug-likeness (QED) is 0.647. The summed E-state index contributed by atoms with van der Waals surface area (Å²) in [5.41, 5.74) is 0.997. The predicted molar refractivity (Wildman–Crippen MR) is 99.6 cm³/mol. The van der Waals surface area contributed by atoms with Gasteiger partial charge in [0.1, 0.15) is 5.75 Å². The molecule has 26 heavy (non-hydrogen) atoms. The van der Waals surface area contributed by atoms with Crippen molar-refractivity contribution in [2.45, 2.75) is 32.9 Å². The molecule has 0 aliphatic heterocycles. The molecule has 0 saturated heterocycles. The standard InChI is InChI=1S/C21H25NO4/c1-3-25-20(23)14-15-22(16-18-10-6-4-7-11-18)21(24)17(2)26-19-12-8-5-9-13-19/h4-13,17H,3,14-16H2,1-2H3. The van der Waals surface area contributed by atoms with Gasteiger partial charge in [-0.1, -0.05) is 48.5 Å². The summed E-state index contributed by atoms with van der Waals surface area (Å²) in [5, 5.41) is 0. The molecule has 5 nitrogen and oxygen atoms in total. The van der Waals surface area contributed by atoms with Gasteiger partial charge in [0, 0.05) is 13.1 Å². The van der Waals surface area contributed by atoms with Crippen molar-refractivity contribution < 1.29 is 19.1 Å². The molecule has 0 aliphatic rings. The van der Waals surface area contributed by atoms with Gasteiger partial charge in [-0.3, -0.25) is 9.59 Å². The van der Waals surface area contributed by atoms with E-state index in [1.807, 2.05) is 60.7 Å². The molecule has 0 N–H and O–H groups in total. The number of amides is 1. The van der Waals surface area contributed by atoms with E-state index in [4.69, 9.17) is 9.47 Å². The Morgan fingerprint density at radius 1 is 1.00 bits per heavy atom. The number of hydrogen-bond donors (Lipinski definition) is 0. The van der Waals surface area contributed by atoms with Crippen molar-refractivity contribution in [3.05, 3.63) is 66.2 Å². The first kappa shape index (κ1) is 19.5. The smallest absolute Gasteiger partial charge is 0.307 e. The number of esters is 1. The van der Waals surface area contributed by atoms with Gasteiger partial charge in [0.2, 0.25) is 0 Å². The van der Waals surface area contributed by atoms with Gasteiger partial charge in [-0.15, -0.1) is 0 Å². The van der Waals surface area contributed by atoms with E-state index in [1.165, 1.54) is 0 Å². The molecule has 0 aliphatic carbocycles. The Morgan fingerprint density at radius 3 is 2.23 bits per heavy atom. The Balaban J connectivity index is 2.05. The zero-order valence-electron chi connectivity index (χ0n) is 15.3. The number of rotatable bonds is 9. The second kappa shape index (κ2) is 10.2. The number of carbonyl (C=O) groups is 2. The lowest BCUT2D eigenvalue weighted by atomic mass is 10.2. The molecule has 2 aromatic rings. The molecule has 0 bridgehead atoms. The maximum atomic E-state index is 12.9. The molecule has 0 fully saturated rings. The number of carbonyl (C=O) groups excluding carboxylic acids is 2. The molecule has 0 aromatic heterocycles. The second-order valence-electron chi connectivity index (χ2n) is 5.87. The highest BCUT2D eigenvalue weighted by Crippen LogP contribution is 2.14. The van der Waals surface area contributed by atoms with Crippen LogP contribution in [0.4, 0.5) is 0 Å². The lowest BCUT2D eigenvalue weighted by Gasteiger charge is -2.26. The van der Waals surface area contributed by atoms with E-state index in [0.717, 1.165) is 5.56 Å². The van der Waals surface area contributed by atoms with E-state index in [0.29, 0.717) is 18.9 Å². The van der Waals surface area contributed by atoms with Crippen molar-refractivity contribution in [3.8, 4) is 5.75 Å². The monoisotopic (exact) mass is 355 g/mol. The predicted octanol–water partition coefficient (Wildman–Crippen LogP) is 3.44. The zero-order chi connectivity index (χ0) is 18.8. The minimum absolute atomic E-state index is 0.157. The van der Waals surface area contributed by atoms with Gasteiger partial charge in [0.25, 0.3) is 5.91 Å². The van der Waals surface area contributed by atoms with Gasteiger partial charge in [-0.2, -0.15) is 0 Å². The number of nitrogens with zero attached hydrogens (tertiary/aromatic N) is 1. The molecule has 0 spiro atoms. The summed E-state index contributed by atoms with van der Waals surface area (Å²) >= 11 is 0. The minimum Gasteiger partial charge on any atom is -0.481 e. The fraction of sp³-hybridized carbons (Fsp3) is 0.333. The SMILES string of the molecule is CCOC(=O)CCN(Cc1ccccc1)C(=O)C(C)Oc1ccccc1. The molecule has 138 valence electrons. The van der Waals surface area contributed by atoms with Crippen LogP contribution in [0.3, 0.4) is 0 Å². The molecule has 0 radical (unpaired) electrons. The summed E-state index contributed by atoms with van der Waals surface area (Å²) < 4.78 is 10.7. The van der Waals surface area contributed by atoms with Crippen LogP contribution in [0, 0.1) is 0 Å². The average molecular weight is 355 g/mol. The Hall–Kier alpha value is -2.82. The number of benzene rings is 2. The van der Waals surface area contributed by atoms with Gasteiger partial charge >= 0.3 is 5.97 Å². The van der Waals surface area contributed by atoms with Crippen LogP contribution in [-0.4, -0.2) is 36.0 Å². The zero-order valence-corrected chi connectivity index (χ0v) is 15.3. The molecule has 1 atom stereocenters. The van der Waals surface area contributed by atoms with Gasteiger partial charge in [-0.05, 0) is 31.5 Å². The van der Waals surface area contributed by atoms with Crippen LogP contribution in [0.2, 0.25) is 0 Å². The molecule has 0 heterocycles. The number of ether oxygens (including phenoxy) is 2. The summed E-state index contributed by atoms with van der Waals surface area (Å²) in [6, 6.07) is 18.9. The van der Waals surface area contributed by atoms with Crippen molar-refractivity contribution in [1.29, 1.82) is 0 Å². The van der Waals surface area contributed by atoms with Crippen molar-refractivity contribution >= 4 is 11.9 Å². The van der Waals surface area contributed by atoms with Crippen molar-refractivity contribution in [1.82, 2.24) is 4.90 Å². The summed E-state index contributed by atoms with van der Waals surface area (Å²) in [7, 11) is 0. The van der Waals surface area contributed by atoms with Gasteiger partial charge < -0.3 is 14.4 Å². The van der Waals surface area contributed by atoms with E-state index >= 15 is 0 Å². The van der Waals surface area contributed by atoms with Crippen LogP contribution in [0.5, 0.6) is 5.75 Å². The highest BCUT2D eigenvalue weighted by molar-refractivity contribution is 5.81. The lowest BCUT2D eigenvalue weighted by Crippen LogP contribution is -2.41. The Bertz CT molecular complexity index is 688. The Labute approximate surface area is 154 Å². The van der Waals surface area contributed by atoms with Crippen molar-refractivity contribution in [2.75, 3.05) is 13.2 Å². The van der Waals surface area contributed by atoms with E-state index in [1.54, 1.807) is 18.7 Å². The van der Waals surface area contributed by atoms with Crippen LogP contribution in [0.15, 0.2) is 60.7 Å². The molecule has 0 saturated carbocycles. The van der Waals surface area contributed by atoms with E-state index in [2.05, 4.69) is 0 Å². The number of hydrogen-bond acceptors (Lipinski definition) is 4. The summed E-state index contributed by atoms with van der Waals surface area (Å²) in [4.78, 5) is 26.2. The molecule has 5 heteroatoms. The van der Waals surface area contributed by atoms with E-state index in [9.17, 15) is 9.59 Å². The lowest BCUT2D eigenvalue weighted by molar-refractivity contribution is -0.145. The Morgan fingerprint density at radius 2 is 1.62 bits per heavy atom. The van der Waals surface area contributed by atoms with Crippen LogP contribution >= 0.6 is 0 Å². The fourth-order valence-electron chi connectivity index (χ4n) is 2.54. The normalized spacial score (nSPS) is 11.5. The maximum Gasteiger partial charge on any atom is 0.307 e. The van der Waals surface area contributed by atoms with Crippen LogP contribution in [0.1, 0.15) is 25.8 Å². The molecule has 1 unspecified atom stereocenters. The third kappa shape index (κ3) is 6.24. The van der Waals surface area contributed by atoms with E-state index < -0.39 is 6.10 Å². The van der Waals surface area contributed by atoms with Gasteiger partial charge in [0.05, 0.1) is 13.0 Å². The second-order valence-corrected chi connectivity index (χ2v) is 5.87. The largest absolute Gasteiger partial charge is 0.481 e. The van der Waals surface area contributed by atoms with Crippen LogP contribution < -0.4 is 4.74 Å². The fourth-order valence-corrected chi connectivity index (χ4v) is 2.54. The molecule has 2 aromatic carbocycles. The van der Waals surface area contributed by atoms with Crippen LogP contribution in [-0.2, 0) is 20.9 Å². The first-order valence-corrected chi connectivity index (χ1v) is 8.80. The highest BCUT2D eigenvalue weighted by atomic mass is 16.5. The van der Waals surface area contributed by atoms with Crippen molar-refractivity contribution in [2.24, 2.45) is 0 Å². The number of para-hydroxylation sites is 1.